The Morgan fingerprint density at radius 3 is 2.59 bits per heavy atom. The third-order valence-corrected chi connectivity index (χ3v) is 2.00. The maximum Gasteiger partial charge on any atom is 0.328 e. The molecule has 0 bridgehead atoms. The first-order chi connectivity index (χ1) is 8.19. The summed E-state index contributed by atoms with van der Waals surface area (Å²) in [6.07, 6.45) is 2.57. The molecular formula is C13H16O4. The molecule has 1 aromatic rings. The second-order valence-electron chi connectivity index (χ2n) is 3.21. The smallest absolute Gasteiger partial charge is 0.328 e. The maximum absolute atomic E-state index is 10.5. The molecule has 0 aliphatic rings. The number of ether oxygens (including phenoxy) is 2. The summed E-state index contributed by atoms with van der Waals surface area (Å²) < 4.78 is 10.9. The Morgan fingerprint density at radius 2 is 2.00 bits per heavy atom. The SMILES string of the molecule is CCOc1cccc(C=CC(=O)O)c1OCC. The summed E-state index contributed by atoms with van der Waals surface area (Å²) in [7, 11) is 0. The summed E-state index contributed by atoms with van der Waals surface area (Å²) in [6, 6.07) is 5.38. The minimum Gasteiger partial charge on any atom is -0.490 e. The van der Waals surface area contributed by atoms with Crippen molar-refractivity contribution in [2.45, 2.75) is 13.8 Å². The van der Waals surface area contributed by atoms with Gasteiger partial charge in [-0.25, -0.2) is 4.79 Å². The lowest BCUT2D eigenvalue weighted by molar-refractivity contribution is -0.131. The molecule has 0 saturated heterocycles. The highest BCUT2D eigenvalue weighted by molar-refractivity contribution is 5.86. The van der Waals surface area contributed by atoms with Crippen molar-refractivity contribution in [3.63, 3.8) is 0 Å². The largest absolute Gasteiger partial charge is 0.490 e. The first-order valence-electron chi connectivity index (χ1n) is 5.48. The van der Waals surface area contributed by atoms with Gasteiger partial charge in [-0.2, -0.15) is 0 Å². The van der Waals surface area contributed by atoms with Crippen LogP contribution in [-0.4, -0.2) is 24.3 Å². The molecular weight excluding hydrogens is 220 g/mol. The highest BCUT2D eigenvalue weighted by Gasteiger charge is 2.08. The first-order valence-corrected chi connectivity index (χ1v) is 5.48. The summed E-state index contributed by atoms with van der Waals surface area (Å²) in [5.41, 5.74) is 0.695. The Kier molecular flexibility index (Phi) is 5.07. The zero-order valence-electron chi connectivity index (χ0n) is 9.97. The van der Waals surface area contributed by atoms with Gasteiger partial charge in [0.1, 0.15) is 0 Å². The highest BCUT2D eigenvalue weighted by Crippen LogP contribution is 2.32. The van der Waals surface area contributed by atoms with Gasteiger partial charge in [0.25, 0.3) is 0 Å². The van der Waals surface area contributed by atoms with Crippen LogP contribution in [0, 0.1) is 0 Å². The van der Waals surface area contributed by atoms with E-state index in [4.69, 9.17) is 14.6 Å². The molecule has 0 aliphatic carbocycles. The van der Waals surface area contributed by atoms with Crippen molar-refractivity contribution >= 4 is 12.0 Å². The van der Waals surface area contributed by atoms with Gasteiger partial charge < -0.3 is 14.6 Å². The Labute approximate surface area is 100 Å². The van der Waals surface area contributed by atoms with Gasteiger partial charge in [-0.1, -0.05) is 12.1 Å². The molecule has 0 heterocycles. The molecule has 0 atom stereocenters. The lowest BCUT2D eigenvalue weighted by Crippen LogP contribution is -2.00. The van der Waals surface area contributed by atoms with Crippen molar-refractivity contribution in [2.75, 3.05) is 13.2 Å². The molecule has 0 fully saturated rings. The highest BCUT2D eigenvalue weighted by atomic mass is 16.5. The molecule has 0 radical (unpaired) electrons. The average Bonchev–Trinajstić information content (AvgIpc) is 2.30. The minimum absolute atomic E-state index is 0.498. The van der Waals surface area contributed by atoms with Crippen LogP contribution in [0.2, 0.25) is 0 Å². The summed E-state index contributed by atoms with van der Waals surface area (Å²) in [4.78, 5) is 10.5. The van der Waals surface area contributed by atoms with Gasteiger partial charge >= 0.3 is 5.97 Å². The molecule has 0 unspecified atom stereocenters. The molecule has 1 aromatic carbocycles. The summed E-state index contributed by atoms with van der Waals surface area (Å²) >= 11 is 0. The first kappa shape index (κ1) is 13.1. The third kappa shape index (κ3) is 3.83. The van der Waals surface area contributed by atoms with E-state index in [-0.39, 0.29) is 0 Å². The van der Waals surface area contributed by atoms with Gasteiger partial charge in [0, 0.05) is 11.6 Å². The molecule has 17 heavy (non-hydrogen) atoms. The monoisotopic (exact) mass is 236 g/mol. The number of carboxylic acid groups (broad SMARTS) is 1. The lowest BCUT2D eigenvalue weighted by atomic mass is 10.1. The van der Waals surface area contributed by atoms with Gasteiger partial charge in [-0.05, 0) is 26.0 Å². The number of para-hydroxylation sites is 1. The normalized spacial score (nSPS) is 10.5. The van der Waals surface area contributed by atoms with E-state index >= 15 is 0 Å². The van der Waals surface area contributed by atoms with Gasteiger partial charge in [0.15, 0.2) is 11.5 Å². The fraction of sp³-hybridized carbons (Fsp3) is 0.308. The van der Waals surface area contributed by atoms with Crippen molar-refractivity contribution in [2.24, 2.45) is 0 Å². The molecule has 0 saturated carbocycles. The second kappa shape index (κ2) is 6.58. The zero-order chi connectivity index (χ0) is 12.7. The van der Waals surface area contributed by atoms with E-state index in [1.807, 2.05) is 13.8 Å². The van der Waals surface area contributed by atoms with Gasteiger partial charge in [-0.3, -0.25) is 0 Å². The van der Waals surface area contributed by atoms with E-state index in [0.29, 0.717) is 30.3 Å². The Bertz CT molecular complexity index is 410. The molecule has 92 valence electrons. The fourth-order valence-electron chi connectivity index (χ4n) is 1.39. The van der Waals surface area contributed by atoms with Gasteiger partial charge in [0.2, 0.25) is 0 Å². The average molecular weight is 236 g/mol. The van der Waals surface area contributed by atoms with Crippen molar-refractivity contribution in [3.05, 3.63) is 29.8 Å². The van der Waals surface area contributed by atoms with E-state index in [1.165, 1.54) is 6.08 Å². The van der Waals surface area contributed by atoms with Crippen LogP contribution in [0.3, 0.4) is 0 Å². The molecule has 1 rings (SSSR count). The molecule has 0 aliphatic heterocycles. The maximum atomic E-state index is 10.5. The quantitative estimate of drug-likeness (QED) is 0.771. The summed E-state index contributed by atoms with van der Waals surface area (Å²) in [5, 5.41) is 8.61. The van der Waals surface area contributed by atoms with Crippen molar-refractivity contribution in [1.29, 1.82) is 0 Å². The topological polar surface area (TPSA) is 55.8 Å². The Balaban J connectivity index is 3.09. The zero-order valence-corrected chi connectivity index (χ0v) is 9.97. The van der Waals surface area contributed by atoms with Gasteiger partial charge in [0.05, 0.1) is 13.2 Å². The summed E-state index contributed by atoms with van der Waals surface area (Å²) in [6.45, 7) is 4.78. The molecule has 0 spiro atoms. The molecule has 4 nitrogen and oxygen atoms in total. The number of carbonyl (C=O) groups is 1. The van der Waals surface area contributed by atoms with E-state index in [0.717, 1.165) is 6.08 Å². The number of hydrogen-bond acceptors (Lipinski definition) is 3. The number of aliphatic carboxylic acids is 1. The molecule has 4 heteroatoms. The van der Waals surface area contributed by atoms with E-state index in [9.17, 15) is 4.79 Å². The molecule has 0 amide bonds. The van der Waals surface area contributed by atoms with Crippen LogP contribution in [0.25, 0.3) is 6.08 Å². The van der Waals surface area contributed by atoms with Gasteiger partial charge in [-0.15, -0.1) is 0 Å². The van der Waals surface area contributed by atoms with Crippen LogP contribution in [0.1, 0.15) is 19.4 Å². The van der Waals surface area contributed by atoms with Crippen LogP contribution in [0.15, 0.2) is 24.3 Å². The number of carboxylic acids is 1. The second-order valence-corrected chi connectivity index (χ2v) is 3.21. The Hall–Kier alpha value is -1.97. The van der Waals surface area contributed by atoms with E-state index in [1.54, 1.807) is 18.2 Å². The van der Waals surface area contributed by atoms with Crippen LogP contribution < -0.4 is 9.47 Å². The number of rotatable bonds is 6. The Morgan fingerprint density at radius 1 is 1.29 bits per heavy atom. The lowest BCUT2D eigenvalue weighted by Gasteiger charge is -2.12. The van der Waals surface area contributed by atoms with Crippen molar-refractivity contribution in [3.8, 4) is 11.5 Å². The van der Waals surface area contributed by atoms with Crippen molar-refractivity contribution in [1.82, 2.24) is 0 Å². The third-order valence-electron chi connectivity index (χ3n) is 2.00. The van der Waals surface area contributed by atoms with E-state index < -0.39 is 5.97 Å². The molecule has 1 N–H and O–H groups in total. The fourth-order valence-corrected chi connectivity index (χ4v) is 1.39. The predicted octanol–water partition coefficient (Wildman–Crippen LogP) is 2.58. The number of hydrogen-bond donors (Lipinski definition) is 1. The van der Waals surface area contributed by atoms with Crippen molar-refractivity contribution < 1.29 is 19.4 Å². The summed E-state index contributed by atoms with van der Waals surface area (Å²) in [5.74, 6) is 0.213. The van der Waals surface area contributed by atoms with Crippen LogP contribution in [0.4, 0.5) is 0 Å². The minimum atomic E-state index is -0.991. The van der Waals surface area contributed by atoms with E-state index in [2.05, 4.69) is 0 Å². The predicted molar refractivity (Wildman–Crippen MR) is 65.4 cm³/mol. The van der Waals surface area contributed by atoms with Crippen LogP contribution >= 0.6 is 0 Å². The number of benzene rings is 1. The molecule has 0 aromatic heterocycles. The van der Waals surface area contributed by atoms with Crippen LogP contribution in [-0.2, 0) is 4.79 Å². The standard InChI is InChI=1S/C13H16O4/c1-3-16-11-7-5-6-10(8-9-12(14)15)13(11)17-4-2/h5-9H,3-4H2,1-2H3,(H,14,15). The van der Waals surface area contributed by atoms with Crippen LogP contribution in [0.5, 0.6) is 11.5 Å².